The Hall–Kier alpha value is -4.62. The number of hydrogen-bond acceptors (Lipinski definition) is 6. The zero-order chi connectivity index (χ0) is 24.3. The highest BCUT2D eigenvalue weighted by Crippen LogP contribution is 2.40. The lowest BCUT2D eigenvalue weighted by Crippen LogP contribution is -1.98. The molecule has 0 unspecified atom stereocenters. The van der Waals surface area contributed by atoms with Crippen LogP contribution >= 0.6 is 11.3 Å². The van der Waals surface area contributed by atoms with Crippen LogP contribution in [0.5, 0.6) is 0 Å². The summed E-state index contributed by atoms with van der Waals surface area (Å²) in [6, 6.07) is 32.5. The average Bonchev–Trinajstić information content (AvgIpc) is 3.55. The Morgan fingerprint density at radius 2 is 1.61 bits per heavy atom. The molecule has 0 aliphatic rings. The molecule has 4 aromatic carbocycles. The van der Waals surface area contributed by atoms with Crippen LogP contribution in [0.2, 0.25) is 0 Å². The first-order chi connectivity index (χ1) is 17.7. The fraction of sp³-hybridized carbons (Fsp3) is 0.0345. The third-order valence-electron chi connectivity index (χ3n) is 5.94. The van der Waals surface area contributed by atoms with Crippen LogP contribution in [-0.4, -0.2) is 15.7 Å². The zero-order valence-electron chi connectivity index (χ0n) is 19.5. The number of thiazole rings is 1. The smallest absolute Gasteiger partial charge is 0.206 e. The van der Waals surface area contributed by atoms with E-state index in [4.69, 9.17) is 4.98 Å². The summed E-state index contributed by atoms with van der Waals surface area (Å²) >= 11 is 1.42. The van der Waals surface area contributed by atoms with Crippen LogP contribution in [0.1, 0.15) is 12.5 Å². The number of H-pyrrole nitrogens is 1. The van der Waals surface area contributed by atoms with Crippen LogP contribution in [0.25, 0.3) is 32.9 Å². The lowest BCUT2D eigenvalue weighted by Gasteiger charge is -2.02. The molecule has 7 heteroatoms. The van der Waals surface area contributed by atoms with E-state index in [0.717, 1.165) is 49.5 Å². The third kappa shape index (κ3) is 4.39. The number of benzene rings is 4. The van der Waals surface area contributed by atoms with Gasteiger partial charge in [0.15, 0.2) is 5.00 Å². The number of hydrazone groups is 1. The molecule has 6 aromatic rings. The van der Waals surface area contributed by atoms with Crippen LogP contribution < -0.4 is 5.43 Å². The molecule has 0 fully saturated rings. The lowest BCUT2D eigenvalue weighted by atomic mass is 10.1. The van der Waals surface area contributed by atoms with Gasteiger partial charge in [-0.05, 0) is 42.0 Å². The number of aromatic nitrogens is 2. The summed E-state index contributed by atoms with van der Waals surface area (Å²) in [5, 5.41) is 18.5. The second-order valence-corrected chi connectivity index (χ2v) is 9.30. The third-order valence-corrected chi connectivity index (χ3v) is 6.79. The maximum atomic E-state index is 4.85. The van der Waals surface area contributed by atoms with Gasteiger partial charge in [-0.15, -0.1) is 10.2 Å². The summed E-state index contributed by atoms with van der Waals surface area (Å²) in [6.45, 7) is 1.98. The fourth-order valence-corrected chi connectivity index (χ4v) is 4.87. The van der Waals surface area contributed by atoms with Gasteiger partial charge in [0.2, 0.25) is 5.13 Å². The second kappa shape index (κ2) is 9.56. The van der Waals surface area contributed by atoms with Gasteiger partial charge in [-0.2, -0.15) is 5.10 Å². The van der Waals surface area contributed by atoms with Gasteiger partial charge in [0.05, 0.1) is 11.4 Å². The molecule has 0 spiro atoms. The van der Waals surface area contributed by atoms with Gasteiger partial charge in [-0.1, -0.05) is 84.1 Å². The van der Waals surface area contributed by atoms with Crippen molar-refractivity contribution in [3.63, 3.8) is 0 Å². The van der Waals surface area contributed by atoms with Crippen molar-refractivity contribution in [1.29, 1.82) is 0 Å². The number of rotatable bonds is 6. The number of aromatic amines is 1. The molecular weight excluding hydrogens is 464 g/mol. The summed E-state index contributed by atoms with van der Waals surface area (Å²) in [5.41, 5.74) is 8.68. The highest BCUT2D eigenvalue weighted by molar-refractivity contribution is 7.19. The van der Waals surface area contributed by atoms with Crippen LogP contribution in [0.4, 0.5) is 15.8 Å². The van der Waals surface area contributed by atoms with Crippen molar-refractivity contribution < 1.29 is 0 Å². The molecule has 0 aliphatic carbocycles. The molecule has 2 N–H and O–H groups in total. The molecule has 174 valence electrons. The lowest BCUT2D eigenvalue weighted by molar-refractivity contribution is 1.23. The molecule has 0 amide bonds. The number of nitrogens with one attached hydrogen (secondary N) is 2. The Bertz CT molecular complexity index is 1730. The molecule has 2 heterocycles. The molecule has 0 aliphatic heterocycles. The topological polar surface area (TPSA) is 77.8 Å². The Morgan fingerprint density at radius 3 is 2.50 bits per heavy atom. The second-order valence-electron chi connectivity index (χ2n) is 8.33. The van der Waals surface area contributed by atoms with Crippen molar-refractivity contribution in [3.8, 4) is 11.3 Å². The summed E-state index contributed by atoms with van der Waals surface area (Å²) in [5.74, 6) is 0. The van der Waals surface area contributed by atoms with Gasteiger partial charge in [-0.25, -0.2) is 4.98 Å². The molecule has 0 saturated carbocycles. The van der Waals surface area contributed by atoms with Gasteiger partial charge >= 0.3 is 0 Å². The number of anilines is 1. The normalized spacial score (nSPS) is 12.1. The number of azo groups is 1. The predicted molar refractivity (Wildman–Crippen MR) is 150 cm³/mol. The standard InChI is InChI=1S/C29H22N6S/c1-19(25-18-30-26-14-8-7-13-24(25)26)32-35-29-31-27(22-16-15-20-9-5-6-10-21(20)17-22)28(36-29)34-33-23-11-3-2-4-12-23/h2-18,30H,1H3,(H,31,35)/b32-19-,34-33?. The molecule has 2 aromatic heterocycles. The van der Waals surface area contributed by atoms with E-state index in [0.29, 0.717) is 5.13 Å². The van der Waals surface area contributed by atoms with E-state index in [2.05, 4.69) is 68.2 Å². The van der Waals surface area contributed by atoms with Crippen molar-refractivity contribution in [2.75, 3.05) is 5.43 Å². The van der Waals surface area contributed by atoms with Gasteiger partial charge < -0.3 is 4.98 Å². The molecule has 0 bridgehead atoms. The Morgan fingerprint density at radius 1 is 0.833 bits per heavy atom. The van der Waals surface area contributed by atoms with Gasteiger partial charge in [-0.3, -0.25) is 5.43 Å². The monoisotopic (exact) mass is 486 g/mol. The van der Waals surface area contributed by atoms with Crippen molar-refractivity contribution in [3.05, 3.63) is 109 Å². The number of fused-ring (bicyclic) bond motifs is 2. The molecular formula is C29H22N6S. The number of nitrogens with zero attached hydrogens (tertiary/aromatic N) is 4. The van der Waals surface area contributed by atoms with E-state index >= 15 is 0 Å². The van der Waals surface area contributed by atoms with Crippen molar-refractivity contribution in [2.24, 2.45) is 15.3 Å². The van der Waals surface area contributed by atoms with E-state index in [1.807, 2.05) is 67.7 Å². The summed E-state index contributed by atoms with van der Waals surface area (Å²) in [7, 11) is 0. The SMILES string of the molecule is C/C(=N/Nc1nc(-c2ccc3ccccc3c2)c(N=Nc2ccccc2)s1)c1c[nH]c2ccccc12. The van der Waals surface area contributed by atoms with E-state index in [9.17, 15) is 0 Å². The Balaban J connectivity index is 1.36. The van der Waals surface area contributed by atoms with E-state index in [-0.39, 0.29) is 0 Å². The van der Waals surface area contributed by atoms with Crippen LogP contribution in [0, 0.1) is 0 Å². The van der Waals surface area contributed by atoms with E-state index in [1.165, 1.54) is 16.7 Å². The van der Waals surface area contributed by atoms with Crippen molar-refractivity contribution >= 4 is 54.5 Å². The minimum absolute atomic E-state index is 0.652. The summed E-state index contributed by atoms with van der Waals surface area (Å²) < 4.78 is 0. The predicted octanol–water partition coefficient (Wildman–Crippen LogP) is 8.70. The Labute approximate surface area is 212 Å². The van der Waals surface area contributed by atoms with Crippen molar-refractivity contribution in [2.45, 2.75) is 6.92 Å². The molecule has 6 nitrogen and oxygen atoms in total. The number of para-hydroxylation sites is 1. The van der Waals surface area contributed by atoms with Gasteiger partial charge in [0, 0.05) is 28.2 Å². The minimum atomic E-state index is 0.652. The van der Waals surface area contributed by atoms with Crippen LogP contribution in [0.15, 0.2) is 119 Å². The first-order valence-electron chi connectivity index (χ1n) is 11.6. The largest absolute Gasteiger partial charge is 0.360 e. The first-order valence-corrected chi connectivity index (χ1v) is 12.4. The molecule has 36 heavy (non-hydrogen) atoms. The van der Waals surface area contributed by atoms with Gasteiger partial charge in [0.1, 0.15) is 5.69 Å². The highest BCUT2D eigenvalue weighted by Gasteiger charge is 2.14. The highest BCUT2D eigenvalue weighted by atomic mass is 32.1. The zero-order valence-corrected chi connectivity index (χ0v) is 20.3. The average molecular weight is 487 g/mol. The summed E-state index contributed by atoms with van der Waals surface area (Å²) in [4.78, 5) is 8.15. The molecule has 0 radical (unpaired) electrons. The quantitative estimate of drug-likeness (QED) is 0.140. The number of hydrogen-bond donors (Lipinski definition) is 2. The Kier molecular flexibility index (Phi) is 5.81. The van der Waals surface area contributed by atoms with Crippen LogP contribution in [-0.2, 0) is 0 Å². The maximum Gasteiger partial charge on any atom is 0.206 e. The summed E-state index contributed by atoms with van der Waals surface area (Å²) in [6.07, 6.45) is 1.98. The molecule has 0 saturated heterocycles. The fourth-order valence-electron chi connectivity index (χ4n) is 4.11. The van der Waals surface area contributed by atoms with E-state index < -0.39 is 0 Å². The van der Waals surface area contributed by atoms with Crippen molar-refractivity contribution in [1.82, 2.24) is 9.97 Å². The van der Waals surface area contributed by atoms with E-state index in [1.54, 1.807) is 0 Å². The molecule has 6 rings (SSSR count). The van der Waals surface area contributed by atoms with Gasteiger partial charge in [0.25, 0.3) is 0 Å². The maximum absolute atomic E-state index is 4.85. The van der Waals surface area contributed by atoms with Crippen LogP contribution in [0.3, 0.4) is 0 Å². The first kappa shape index (κ1) is 21.9. The molecule has 0 atom stereocenters. The minimum Gasteiger partial charge on any atom is -0.360 e.